The zero-order valence-corrected chi connectivity index (χ0v) is 22.6. The van der Waals surface area contributed by atoms with Crippen LogP contribution in [0.2, 0.25) is 0 Å². The van der Waals surface area contributed by atoms with Gasteiger partial charge >= 0.3 is 0 Å². The van der Waals surface area contributed by atoms with Crippen LogP contribution >= 0.6 is 0 Å². The first kappa shape index (κ1) is 26.3. The van der Waals surface area contributed by atoms with Gasteiger partial charge in [0.15, 0.2) is 0 Å². The van der Waals surface area contributed by atoms with Crippen molar-refractivity contribution in [2.75, 3.05) is 13.7 Å². The lowest BCUT2D eigenvalue weighted by atomic mass is 9.83. The summed E-state index contributed by atoms with van der Waals surface area (Å²) >= 11 is 0. The van der Waals surface area contributed by atoms with Gasteiger partial charge in [0.1, 0.15) is 29.8 Å². The van der Waals surface area contributed by atoms with E-state index in [1.54, 1.807) is 25.0 Å². The Bertz CT molecular complexity index is 1250. The maximum atomic E-state index is 14.2. The molecule has 3 aliphatic rings. The van der Waals surface area contributed by atoms with Crippen LogP contribution in [0.25, 0.3) is 10.9 Å². The number of ether oxygens (including phenoxy) is 1. The lowest BCUT2D eigenvalue weighted by Crippen LogP contribution is -2.58. The van der Waals surface area contributed by atoms with Gasteiger partial charge in [-0.05, 0) is 61.1 Å². The van der Waals surface area contributed by atoms with Crippen LogP contribution in [0, 0.1) is 23.2 Å². The fourth-order valence-corrected chi connectivity index (χ4v) is 6.83. The molecule has 3 amide bonds. The van der Waals surface area contributed by atoms with E-state index >= 15 is 0 Å². The minimum absolute atomic E-state index is 0.00154. The molecule has 9 heteroatoms. The van der Waals surface area contributed by atoms with E-state index < -0.39 is 18.1 Å². The molecule has 9 nitrogen and oxygen atoms in total. The van der Waals surface area contributed by atoms with Crippen LogP contribution in [0.5, 0.6) is 5.75 Å². The van der Waals surface area contributed by atoms with E-state index in [1.165, 1.54) is 0 Å². The van der Waals surface area contributed by atoms with Gasteiger partial charge in [0, 0.05) is 17.4 Å². The van der Waals surface area contributed by atoms with Crippen LogP contribution < -0.4 is 15.4 Å². The van der Waals surface area contributed by atoms with Crippen molar-refractivity contribution >= 4 is 34.9 Å². The maximum absolute atomic E-state index is 14.2. The SMILES string of the molecule is COc1cccc2[nH]c(C(=O)NC(C(=O)N3C[C@H]4[C@@H]([C@H]3C(=O)N[C@@H](C)C=O)C4(C)C)C3CCCCC3)cc12. The van der Waals surface area contributed by atoms with E-state index in [9.17, 15) is 19.2 Å². The Kier molecular flexibility index (Phi) is 6.96. The molecule has 3 N–H and O–H groups in total. The topological polar surface area (TPSA) is 121 Å². The normalized spacial score (nSPS) is 25.8. The van der Waals surface area contributed by atoms with E-state index in [4.69, 9.17) is 4.74 Å². The number of rotatable bonds is 8. The predicted octanol–water partition coefficient (Wildman–Crippen LogP) is 3.04. The number of fused-ring (bicyclic) bond motifs is 2. The second-order valence-corrected chi connectivity index (χ2v) is 11.8. The van der Waals surface area contributed by atoms with Crippen LogP contribution in [-0.4, -0.2) is 65.7 Å². The van der Waals surface area contributed by atoms with Crippen LogP contribution in [0.4, 0.5) is 0 Å². The number of nitrogens with one attached hydrogen (secondary N) is 3. The third kappa shape index (κ3) is 4.56. The van der Waals surface area contributed by atoms with Crippen LogP contribution in [0.3, 0.4) is 0 Å². The number of amides is 3. The molecule has 5 rings (SSSR count). The highest BCUT2D eigenvalue weighted by atomic mass is 16.5. The molecule has 1 aromatic carbocycles. The minimum Gasteiger partial charge on any atom is -0.496 e. The van der Waals surface area contributed by atoms with E-state index in [0.717, 1.165) is 43.0 Å². The molecule has 204 valence electrons. The molecule has 0 bridgehead atoms. The Morgan fingerprint density at radius 2 is 1.89 bits per heavy atom. The quantitative estimate of drug-likeness (QED) is 0.460. The number of hydrogen-bond donors (Lipinski definition) is 3. The number of piperidine rings is 1. The van der Waals surface area contributed by atoms with Gasteiger partial charge in [0.05, 0.1) is 13.2 Å². The molecule has 3 fully saturated rings. The van der Waals surface area contributed by atoms with Gasteiger partial charge in [0.25, 0.3) is 5.91 Å². The summed E-state index contributed by atoms with van der Waals surface area (Å²) in [6.45, 7) is 6.35. The highest BCUT2D eigenvalue weighted by Gasteiger charge is 2.69. The van der Waals surface area contributed by atoms with Crippen molar-refractivity contribution < 1.29 is 23.9 Å². The first-order chi connectivity index (χ1) is 18.2. The lowest BCUT2D eigenvalue weighted by molar-refractivity contribution is -0.143. The molecule has 1 aromatic heterocycles. The minimum atomic E-state index is -0.726. The Hall–Kier alpha value is -3.36. The molecular weight excluding hydrogens is 484 g/mol. The summed E-state index contributed by atoms with van der Waals surface area (Å²) in [5.41, 5.74) is 1.09. The Labute approximate surface area is 223 Å². The van der Waals surface area contributed by atoms with Gasteiger partial charge in [0.2, 0.25) is 11.8 Å². The number of nitrogens with zero attached hydrogens (tertiary/aromatic N) is 1. The highest BCUT2D eigenvalue weighted by Crippen LogP contribution is 2.65. The molecule has 2 saturated carbocycles. The van der Waals surface area contributed by atoms with Gasteiger partial charge in [-0.3, -0.25) is 14.4 Å². The molecule has 2 aromatic rings. The lowest BCUT2D eigenvalue weighted by Gasteiger charge is -2.37. The van der Waals surface area contributed by atoms with Crippen molar-refractivity contribution in [3.05, 3.63) is 30.0 Å². The van der Waals surface area contributed by atoms with Crippen molar-refractivity contribution in [3.63, 3.8) is 0 Å². The fraction of sp³-hybridized carbons (Fsp3) is 0.586. The average molecular weight is 523 g/mol. The van der Waals surface area contributed by atoms with Gasteiger partial charge in [-0.2, -0.15) is 0 Å². The van der Waals surface area contributed by atoms with Crippen LogP contribution in [0.1, 0.15) is 63.4 Å². The highest BCUT2D eigenvalue weighted by molar-refractivity contribution is 6.02. The first-order valence-corrected chi connectivity index (χ1v) is 13.7. The molecule has 0 radical (unpaired) electrons. The van der Waals surface area contributed by atoms with Gasteiger partial charge < -0.3 is 30.0 Å². The number of carbonyl (C=O) groups excluding carboxylic acids is 4. The summed E-state index contributed by atoms with van der Waals surface area (Å²) in [4.78, 5) is 57.0. The van der Waals surface area contributed by atoms with Crippen molar-refractivity contribution in [1.29, 1.82) is 0 Å². The van der Waals surface area contributed by atoms with Crippen molar-refractivity contribution in [3.8, 4) is 5.75 Å². The standard InChI is InChI=1S/C29H38N4O5/c1-16(15-34)30-27(36)25-23-19(29(23,2)3)14-33(25)28(37)24(17-9-6-5-7-10-17)32-26(35)21-13-18-20(31-21)11-8-12-22(18)38-4/h8,11-13,15-17,19,23-25,31H,5-7,9-10,14H2,1-4H3,(H,30,36)(H,32,35)/t16-,19-,23-,24?,25-/m0/s1. The number of methoxy groups -OCH3 is 1. The number of aromatic nitrogens is 1. The van der Waals surface area contributed by atoms with Crippen LogP contribution in [0.15, 0.2) is 24.3 Å². The number of aromatic amines is 1. The third-order valence-corrected chi connectivity index (χ3v) is 9.10. The summed E-state index contributed by atoms with van der Waals surface area (Å²) in [5.74, 6) is 0.0595. The fourth-order valence-electron chi connectivity index (χ4n) is 6.83. The summed E-state index contributed by atoms with van der Waals surface area (Å²) < 4.78 is 5.43. The summed E-state index contributed by atoms with van der Waals surface area (Å²) in [6.07, 6.45) is 5.52. The van der Waals surface area contributed by atoms with Crippen molar-refractivity contribution in [1.82, 2.24) is 20.5 Å². The molecular formula is C29H38N4O5. The molecule has 0 spiro atoms. The second kappa shape index (κ2) is 10.1. The second-order valence-electron chi connectivity index (χ2n) is 11.8. The Morgan fingerprint density at radius 1 is 1.16 bits per heavy atom. The number of H-pyrrole nitrogens is 1. The number of likely N-dealkylation sites (tertiary alicyclic amines) is 1. The monoisotopic (exact) mass is 522 g/mol. The third-order valence-electron chi connectivity index (χ3n) is 9.10. The smallest absolute Gasteiger partial charge is 0.268 e. The van der Waals surface area contributed by atoms with E-state index in [-0.39, 0.29) is 40.9 Å². The number of aldehydes is 1. The molecule has 38 heavy (non-hydrogen) atoms. The molecule has 1 saturated heterocycles. The molecule has 2 heterocycles. The summed E-state index contributed by atoms with van der Waals surface area (Å²) in [6, 6.07) is 5.30. The maximum Gasteiger partial charge on any atom is 0.268 e. The zero-order valence-electron chi connectivity index (χ0n) is 22.6. The molecule has 5 atom stereocenters. The number of benzene rings is 1. The van der Waals surface area contributed by atoms with E-state index in [1.807, 2.05) is 18.2 Å². The molecule has 1 unspecified atom stereocenters. The van der Waals surface area contributed by atoms with E-state index in [2.05, 4.69) is 29.5 Å². The average Bonchev–Trinajstić information content (AvgIpc) is 3.30. The number of hydrogen-bond acceptors (Lipinski definition) is 5. The molecule has 2 aliphatic carbocycles. The van der Waals surface area contributed by atoms with Crippen molar-refractivity contribution in [2.45, 2.75) is 71.0 Å². The Balaban J connectivity index is 1.41. The van der Waals surface area contributed by atoms with Gasteiger partial charge in [-0.1, -0.05) is 39.2 Å². The van der Waals surface area contributed by atoms with Crippen LogP contribution in [-0.2, 0) is 14.4 Å². The van der Waals surface area contributed by atoms with Gasteiger partial charge in [-0.25, -0.2) is 0 Å². The summed E-state index contributed by atoms with van der Waals surface area (Å²) in [5, 5.41) is 6.60. The zero-order chi connectivity index (χ0) is 27.2. The predicted molar refractivity (Wildman–Crippen MR) is 143 cm³/mol. The van der Waals surface area contributed by atoms with Gasteiger partial charge in [-0.15, -0.1) is 0 Å². The summed E-state index contributed by atoms with van der Waals surface area (Å²) in [7, 11) is 1.59. The first-order valence-electron chi connectivity index (χ1n) is 13.7. The van der Waals surface area contributed by atoms with E-state index in [0.29, 0.717) is 24.3 Å². The van der Waals surface area contributed by atoms with Crippen molar-refractivity contribution in [2.24, 2.45) is 23.2 Å². The largest absolute Gasteiger partial charge is 0.496 e. The molecule has 1 aliphatic heterocycles. The number of carbonyl (C=O) groups is 4. The Morgan fingerprint density at radius 3 is 2.58 bits per heavy atom.